The molecule has 4 N–H and O–H groups in total. The molecule has 0 spiro atoms. The molecule has 1 aliphatic heterocycles. The number of hydrogen-bond donors (Lipinski definition) is 3. The molecule has 1 fully saturated rings. The number of anilines is 1. The van der Waals surface area contributed by atoms with Gasteiger partial charge in [0.05, 0.1) is 20.0 Å². The minimum Gasteiger partial charge on any atom is -0.468 e. The average molecular weight is 578 g/mol. The lowest BCUT2D eigenvalue weighted by atomic mass is 10.1. The van der Waals surface area contributed by atoms with E-state index in [0.717, 1.165) is 18.0 Å². The third kappa shape index (κ3) is 6.12. The molecule has 212 valence electrons. The summed E-state index contributed by atoms with van der Waals surface area (Å²) in [6.45, 7) is 0.609. The van der Waals surface area contributed by atoms with Crippen LogP contribution in [-0.4, -0.2) is 68.7 Å². The summed E-state index contributed by atoms with van der Waals surface area (Å²) in [5.74, 6) is -2.86. The number of aliphatic hydroxyl groups is 1. The highest BCUT2D eigenvalue weighted by Gasteiger charge is 2.47. The van der Waals surface area contributed by atoms with E-state index in [-0.39, 0.29) is 11.3 Å². The van der Waals surface area contributed by atoms with Gasteiger partial charge in [0.2, 0.25) is 5.82 Å². The van der Waals surface area contributed by atoms with Gasteiger partial charge in [-0.2, -0.15) is 18.3 Å². The Hall–Kier alpha value is -3.37. The molecule has 0 amide bonds. The topological polar surface area (TPSA) is 173 Å². The third-order valence-corrected chi connectivity index (χ3v) is 7.20. The number of nitrogens with two attached hydrogens (primary N) is 1. The molecule has 2 aromatic heterocycles. The Kier molecular flexibility index (Phi) is 8.09. The lowest BCUT2D eigenvalue weighted by Crippen LogP contribution is -2.36. The highest BCUT2D eigenvalue weighted by Crippen LogP contribution is 2.46. The third-order valence-electron chi connectivity index (χ3n) is 5.55. The van der Waals surface area contributed by atoms with Crippen molar-refractivity contribution in [2.24, 2.45) is 0 Å². The molecule has 1 aromatic carbocycles. The van der Waals surface area contributed by atoms with Gasteiger partial charge in [-0.25, -0.2) is 23.9 Å². The fourth-order valence-corrected chi connectivity index (χ4v) is 5.17. The van der Waals surface area contributed by atoms with Gasteiger partial charge in [-0.3, -0.25) is 13.9 Å². The Morgan fingerprint density at radius 2 is 2.00 bits per heavy atom. The minimum absolute atomic E-state index is 0.0992. The monoisotopic (exact) mass is 578 g/mol. The van der Waals surface area contributed by atoms with E-state index >= 15 is 4.39 Å². The fraction of sp³-hybridized carbons (Fsp3) is 0.429. The van der Waals surface area contributed by atoms with Crippen LogP contribution >= 0.6 is 7.75 Å². The van der Waals surface area contributed by atoms with Crippen molar-refractivity contribution in [3.8, 4) is 5.75 Å². The van der Waals surface area contributed by atoms with Crippen molar-refractivity contribution in [3.05, 3.63) is 42.5 Å². The number of aromatic nitrogens is 4. The molecule has 18 heteroatoms. The van der Waals surface area contributed by atoms with E-state index in [2.05, 4.69) is 24.8 Å². The van der Waals surface area contributed by atoms with Crippen LogP contribution in [-0.2, 0) is 29.5 Å². The van der Waals surface area contributed by atoms with Gasteiger partial charge >= 0.3 is 19.9 Å². The van der Waals surface area contributed by atoms with Crippen molar-refractivity contribution < 1.29 is 50.5 Å². The van der Waals surface area contributed by atoms with Crippen LogP contribution in [0.1, 0.15) is 19.0 Å². The largest absolute Gasteiger partial charge is 0.468 e. The van der Waals surface area contributed by atoms with E-state index in [1.807, 2.05) is 0 Å². The number of aliphatic hydroxyl groups excluding tert-OH is 1. The zero-order valence-electron chi connectivity index (χ0n) is 20.3. The van der Waals surface area contributed by atoms with E-state index in [9.17, 15) is 27.6 Å². The first-order chi connectivity index (χ1) is 18.3. The normalized spacial score (nSPS) is 23.9. The summed E-state index contributed by atoms with van der Waals surface area (Å²) in [7, 11) is -3.24. The number of nitrogens with one attached hydrogen (secondary N) is 1. The predicted molar refractivity (Wildman–Crippen MR) is 125 cm³/mol. The summed E-state index contributed by atoms with van der Waals surface area (Å²) in [5.41, 5.74) is 4.84. The lowest BCUT2D eigenvalue weighted by Gasteiger charge is -2.24. The number of halogens is 4. The van der Waals surface area contributed by atoms with Gasteiger partial charge in [-0.1, -0.05) is 18.2 Å². The van der Waals surface area contributed by atoms with E-state index in [1.54, 1.807) is 18.2 Å². The molecular formula is C21H23F4N6O7P. The molecule has 6 atom stereocenters. The smallest absolute Gasteiger partial charge is 0.459 e. The van der Waals surface area contributed by atoms with Crippen molar-refractivity contribution in [2.45, 2.75) is 43.7 Å². The summed E-state index contributed by atoms with van der Waals surface area (Å²) in [5, 5.41) is 12.8. The second kappa shape index (κ2) is 11.0. The van der Waals surface area contributed by atoms with Crippen LogP contribution in [0.25, 0.3) is 11.2 Å². The number of imidazole rings is 1. The second-order valence-corrected chi connectivity index (χ2v) is 10.0. The standard InChI is InChI=1S/C21H23F4N6O7P/c1-10(19(33)35-2)30-39(34,38-11-6-4-3-5-7-11)36-8-12-15(32)13(22)18(37-12)31-9-27-14-16(26)28-20(21(23,24)25)29-17(14)31/h3-7,9-10,12-13,15,18,32H,8H2,1-2H3,(H,30,34)(H2,26,28,29)/t10-,12+,13-,15+,18+,39?/m0/s1. The number of alkyl halides is 4. The molecule has 1 aliphatic rings. The van der Waals surface area contributed by atoms with E-state index in [0.29, 0.717) is 0 Å². The van der Waals surface area contributed by atoms with Crippen molar-refractivity contribution in [1.82, 2.24) is 24.6 Å². The highest BCUT2D eigenvalue weighted by molar-refractivity contribution is 7.52. The Morgan fingerprint density at radius 1 is 1.31 bits per heavy atom. The number of rotatable bonds is 9. The molecule has 0 aliphatic carbocycles. The summed E-state index contributed by atoms with van der Waals surface area (Å²) < 4.78 is 90.0. The fourth-order valence-electron chi connectivity index (χ4n) is 3.66. The predicted octanol–water partition coefficient (Wildman–Crippen LogP) is 2.38. The van der Waals surface area contributed by atoms with Crippen LogP contribution < -0.4 is 15.3 Å². The van der Waals surface area contributed by atoms with Gasteiger partial charge in [-0.15, -0.1) is 0 Å². The Morgan fingerprint density at radius 3 is 2.64 bits per heavy atom. The number of ether oxygens (including phenoxy) is 2. The molecule has 4 rings (SSSR count). The molecule has 39 heavy (non-hydrogen) atoms. The number of hydrogen-bond acceptors (Lipinski definition) is 11. The van der Waals surface area contributed by atoms with Crippen LogP contribution in [0.3, 0.4) is 0 Å². The number of para-hydroxylation sites is 1. The maximum absolute atomic E-state index is 15.1. The van der Waals surface area contributed by atoms with E-state index < -0.39 is 74.4 Å². The van der Waals surface area contributed by atoms with E-state index in [4.69, 9.17) is 19.5 Å². The van der Waals surface area contributed by atoms with Gasteiger partial charge in [0.25, 0.3) is 0 Å². The molecule has 0 saturated carbocycles. The van der Waals surface area contributed by atoms with Crippen molar-refractivity contribution in [1.29, 1.82) is 0 Å². The van der Waals surface area contributed by atoms with Gasteiger partial charge in [0.15, 0.2) is 23.9 Å². The highest BCUT2D eigenvalue weighted by atomic mass is 31.2. The minimum atomic E-state index is -4.95. The molecule has 1 saturated heterocycles. The summed E-state index contributed by atoms with van der Waals surface area (Å²) in [6, 6.07) is 6.60. The lowest BCUT2D eigenvalue weighted by molar-refractivity contribution is -0.144. The van der Waals surface area contributed by atoms with Gasteiger partial charge in [0, 0.05) is 0 Å². The maximum atomic E-state index is 15.1. The molecule has 0 radical (unpaired) electrons. The van der Waals surface area contributed by atoms with Crippen LogP contribution in [0.2, 0.25) is 0 Å². The Balaban J connectivity index is 1.56. The number of methoxy groups -OCH3 is 1. The number of carbonyl (C=O) groups excluding carboxylic acids is 1. The first-order valence-corrected chi connectivity index (χ1v) is 12.8. The number of esters is 1. The molecule has 0 bridgehead atoms. The van der Waals surface area contributed by atoms with Crippen LogP contribution in [0.15, 0.2) is 36.7 Å². The van der Waals surface area contributed by atoms with Crippen LogP contribution in [0, 0.1) is 0 Å². The molecule has 3 heterocycles. The molecule has 1 unspecified atom stereocenters. The zero-order chi connectivity index (χ0) is 28.5. The van der Waals surface area contributed by atoms with Crippen LogP contribution in [0.4, 0.5) is 23.4 Å². The number of benzene rings is 1. The van der Waals surface area contributed by atoms with Crippen molar-refractivity contribution >= 4 is 30.7 Å². The quantitative estimate of drug-likeness (QED) is 0.193. The number of nitrogen functional groups attached to an aromatic ring is 1. The van der Waals surface area contributed by atoms with Gasteiger partial charge < -0.3 is 24.8 Å². The summed E-state index contributed by atoms with van der Waals surface area (Å²) in [4.78, 5) is 22.3. The number of fused-ring (bicyclic) bond motifs is 1. The van der Waals surface area contributed by atoms with Crippen LogP contribution in [0.5, 0.6) is 5.75 Å². The number of nitrogens with zero attached hydrogens (tertiary/aromatic N) is 4. The molecule has 13 nitrogen and oxygen atoms in total. The van der Waals surface area contributed by atoms with Gasteiger partial charge in [0.1, 0.15) is 29.5 Å². The van der Waals surface area contributed by atoms with Crippen molar-refractivity contribution in [2.75, 3.05) is 19.5 Å². The summed E-state index contributed by atoms with van der Waals surface area (Å²) >= 11 is 0. The first-order valence-electron chi connectivity index (χ1n) is 11.2. The summed E-state index contributed by atoms with van der Waals surface area (Å²) in [6.07, 6.45) is -11.3. The van der Waals surface area contributed by atoms with E-state index in [1.165, 1.54) is 19.1 Å². The van der Waals surface area contributed by atoms with Crippen molar-refractivity contribution in [3.63, 3.8) is 0 Å². The number of carbonyl (C=O) groups is 1. The molecular weight excluding hydrogens is 555 g/mol. The first kappa shape index (κ1) is 28.6. The maximum Gasteiger partial charge on any atom is 0.459 e. The Labute approximate surface area is 217 Å². The molecule has 3 aromatic rings. The average Bonchev–Trinajstić information content (AvgIpc) is 3.43. The SMILES string of the molecule is COC(=O)[C@H](C)NP(=O)(OC[C@H]1O[C@@H](n2cnc3c(N)nc(C(F)(F)F)nc32)[C@@H](F)[C@@H]1O)Oc1ccccc1. The Bertz CT molecular complexity index is 1380. The zero-order valence-corrected chi connectivity index (χ0v) is 21.2. The second-order valence-electron chi connectivity index (χ2n) is 8.33. The van der Waals surface area contributed by atoms with Gasteiger partial charge in [-0.05, 0) is 19.1 Å².